The van der Waals surface area contributed by atoms with Gasteiger partial charge in [0.15, 0.2) is 11.4 Å². The van der Waals surface area contributed by atoms with E-state index in [1.165, 1.54) is 6.07 Å². The molecular formula is C8H9N3O3. The molecule has 1 aliphatic heterocycles. The van der Waals surface area contributed by atoms with Crippen LogP contribution in [0.5, 0.6) is 5.75 Å². The number of benzene rings is 1. The first-order valence-corrected chi connectivity index (χ1v) is 4.06. The largest absolute Gasteiger partial charge is 0.489 e. The van der Waals surface area contributed by atoms with Crippen molar-refractivity contribution in [3.63, 3.8) is 0 Å². The second-order valence-corrected chi connectivity index (χ2v) is 3.09. The molecule has 6 nitrogen and oxygen atoms in total. The average molecular weight is 195 g/mol. The van der Waals surface area contributed by atoms with Crippen molar-refractivity contribution in [2.75, 3.05) is 12.3 Å². The fraction of sp³-hybridized carbons (Fsp3) is 0.250. The molecule has 0 saturated heterocycles. The van der Waals surface area contributed by atoms with E-state index in [0.29, 0.717) is 12.4 Å². The molecule has 1 atom stereocenters. The van der Waals surface area contributed by atoms with Crippen LogP contribution in [-0.4, -0.2) is 11.5 Å². The Bertz CT molecular complexity index is 405. The van der Waals surface area contributed by atoms with Gasteiger partial charge in [-0.3, -0.25) is 10.1 Å². The molecule has 0 radical (unpaired) electrons. The Balaban J connectivity index is 2.58. The number of rotatable bonds is 1. The number of hydrogen-bond acceptors (Lipinski definition) is 5. The molecule has 0 amide bonds. The van der Waals surface area contributed by atoms with Gasteiger partial charge < -0.3 is 16.2 Å². The molecule has 1 aromatic rings. The summed E-state index contributed by atoms with van der Waals surface area (Å²) in [7, 11) is 0. The van der Waals surface area contributed by atoms with E-state index in [1.54, 1.807) is 6.07 Å². The van der Waals surface area contributed by atoms with Gasteiger partial charge >= 0.3 is 0 Å². The molecule has 6 heteroatoms. The molecule has 1 aromatic carbocycles. The number of anilines is 1. The third-order valence-electron chi connectivity index (χ3n) is 2.21. The van der Waals surface area contributed by atoms with Crippen molar-refractivity contribution >= 4 is 11.4 Å². The van der Waals surface area contributed by atoms with E-state index in [0.717, 1.165) is 5.56 Å². The molecule has 1 heterocycles. The van der Waals surface area contributed by atoms with Crippen molar-refractivity contribution in [3.05, 3.63) is 27.8 Å². The lowest BCUT2D eigenvalue weighted by atomic mass is 10.1. The molecule has 4 N–H and O–H groups in total. The smallest absolute Gasteiger partial charge is 0.295 e. The first-order valence-electron chi connectivity index (χ1n) is 4.06. The second-order valence-electron chi connectivity index (χ2n) is 3.09. The van der Waals surface area contributed by atoms with Crippen LogP contribution in [0.15, 0.2) is 12.1 Å². The summed E-state index contributed by atoms with van der Waals surface area (Å²) >= 11 is 0. The van der Waals surface area contributed by atoms with E-state index < -0.39 is 4.92 Å². The quantitative estimate of drug-likeness (QED) is 0.387. The highest BCUT2D eigenvalue weighted by Gasteiger charge is 2.27. The fourth-order valence-corrected chi connectivity index (χ4v) is 1.48. The van der Waals surface area contributed by atoms with Crippen LogP contribution < -0.4 is 16.2 Å². The van der Waals surface area contributed by atoms with Gasteiger partial charge in [0, 0.05) is 11.6 Å². The molecule has 0 saturated carbocycles. The van der Waals surface area contributed by atoms with Crippen LogP contribution in [-0.2, 0) is 0 Å². The van der Waals surface area contributed by atoms with Gasteiger partial charge in [0.25, 0.3) is 5.69 Å². The Hall–Kier alpha value is -1.82. The number of nitrogen functional groups attached to an aromatic ring is 1. The highest BCUT2D eigenvalue weighted by Crippen LogP contribution is 2.40. The number of nitrogens with zero attached hydrogens (tertiary/aromatic N) is 1. The van der Waals surface area contributed by atoms with Crippen LogP contribution in [0, 0.1) is 10.1 Å². The summed E-state index contributed by atoms with van der Waals surface area (Å²) in [6, 6.07) is 2.69. The maximum atomic E-state index is 10.5. The molecule has 0 aliphatic carbocycles. The SMILES string of the molecule is Nc1c([N+](=O)[O-])ccc2c1OC[C@H]2N. The summed E-state index contributed by atoms with van der Waals surface area (Å²) in [4.78, 5) is 10.0. The van der Waals surface area contributed by atoms with Crippen LogP contribution in [0.1, 0.15) is 11.6 Å². The van der Waals surface area contributed by atoms with Crippen LogP contribution in [0.25, 0.3) is 0 Å². The summed E-state index contributed by atoms with van der Waals surface area (Å²) in [5, 5.41) is 10.5. The molecule has 0 unspecified atom stereocenters. The molecule has 74 valence electrons. The van der Waals surface area contributed by atoms with Gasteiger partial charge in [-0.25, -0.2) is 0 Å². The Kier molecular flexibility index (Phi) is 1.78. The van der Waals surface area contributed by atoms with Gasteiger partial charge in [-0.1, -0.05) is 0 Å². The molecular weight excluding hydrogens is 186 g/mol. The first-order chi connectivity index (χ1) is 6.61. The minimum Gasteiger partial charge on any atom is -0.489 e. The van der Waals surface area contributed by atoms with E-state index in [9.17, 15) is 10.1 Å². The fourth-order valence-electron chi connectivity index (χ4n) is 1.48. The number of nitrogens with two attached hydrogens (primary N) is 2. The number of nitro benzene ring substituents is 1. The lowest BCUT2D eigenvalue weighted by Crippen LogP contribution is -2.10. The summed E-state index contributed by atoms with van der Waals surface area (Å²) in [5.74, 6) is 0.353. The van der Waals surface area contributed by atoms with Crippen molar-refractivity contribution in [2.24, 2.45) is 5.73 Å². The Labute approximate surface area is 79.6 Å². The highest BCUT2D eigenvalue weighted by atomic mass is 16.6. The predicted octanol–water partition coefficient (Wildman–Crippen LogP) is 0.569. The number of ether oxygens (including phenoxy) is 1. The highest BCUT2D eigenvalue weighted by molar-refractivity contribution is 5.71. The molecule has 1 aliphatic rings. The lowest BCUT2D eigenvalue weighted by Gasteiger charge is -2.03. The summed E-state index contributed by atoms with van der Waals surface area (Å²) < 4.78 is 5.18. The van der Waals surface area contributed by atoms with Crippen molar-refractivity contribution in [1.29, 1.82) is 0 Å². The topological polar surface area (TPSA) is 104 Å². The molecule has 0 fully saturated rings. The van der Waals surface area contributed by atoms with Crippen molar-refractivity contribution in [1.82, 2.24) is 0 Å². The van der Waals surface area contributed by atoms with Crippen LogP contribution in [0.4, 0.5) is 11.4 Å². The predicted molar refractivity (Wildman–Crippen MR) is 49.9 cm³/mol. The van der Waals surface area contributed by atoms with E-state index in [-0.39, 0.29) is 17.4 Å². The standard InChI is InChI=1S/C8H9N3O3/c9-5-3-14-8-4(5)1-2-6(7(8)10)11(12)13/h1-2,5H,3,9-10H2/t5-/m1/s1. The van der Waals surface area contributed by atoms with Gasteiger partial charge in [0.1, 0.15) is 6.61 Å². The number of fused-ring (bicyclic) bond motifs is 1. The number of nitro groups is 1. The van der Waals surface area contributed by atoms with E-state index >= 15 is 0 Å². The zero-order valence-corrected chi connectivity index (χ0v) is 7.27. The molecule has 0 aromatic heterocycles. The van der Waals surface area contributed by atoms with Gasteiger partial charge in [-0.05, 0) is 6.07 Å². The Morgan fingerprint density at radius 1 is 1.57 bits per heavy atom. The second kappa shape index (κ2) is 2.85. The van der Waals surface area contributed by atoms with E-state index in [2.05, 4.69) is 0 Å². The van der Waals surface area contributed by atoms with Crippen molar-refractivity contribution < 1.29 is 9.66 Å². The lowest BCUT2D eigenvalue weighted by molar-refractivity contribution is -0.383. The first kappa shape index (κ1) is 8.76. The van der Waals surface area contributed by atoms with Crippen LogP contribution in [0.3, 0.4) is 0 Å². The molecule has 0 spiro atoms. The van der Waals surface area contributed by atoms with E-state index in [4.69, 9.17) is 16.2 Å². The molecule has 14 heavy (non-hydrogen) atoms. The summed E-state index contributed by atoms with van der Waals surface area (Å²) in [6.45, 7) is 0.320. The zero-order chi connectivity index (χ0) is 10.3. The maximum absolute atomic E-state index is 10.5. The van der Waals surface area contributed by atoms with Crippen LogP contribution >= 0.6 is 0 Å². The van der Waals surface area contributed by atoms with Crippen molar-refractivity contribution in [2.45, 2.75) is 6.04 Å². The van der Waals surface area contributed by atoms with Gasteiger partial charge in [-0.15, -0.1) is 0 Å². The third-order valence-corrected chi connectivity index (χ3v) is 2.21. The number of hydrogen-bond donors (Lipinski definition) is 2. The van der Waals surface area contributed by atoms with Gasteiger partial charge in [0.2, 0.25) is 0 Å². The normalized spacial score (nSPS) is 18.8. The summed E-state index contributed by atoms with van der Waals surface area (Å²) in [6.07, 6.45) is 0. The van der Waals surface area contributed by atoms with Crippen molar-refractivity contribution in [3.8, 4) is 5.75 Å². The molecule has 2 rings (SSSR count). The monoisotopic (exact) mass is 195 g/mol. The van der Waals surface area contributed by atoms with Gasteiger partial charge in [-0.2, -0.15) is 0 Å². The van der Waals surface area contributed by atoms with E-state index in [1.807, 2.05) is 0 Å². The minimum absolute atomic E-state index is 0.0560. The molecule has 0 bridgehead atoms. The average Bonchev–Trinajstić information content (AvgIpc) is 2.49. The minimum atomic E-state index is -0.539. The third kappa shape index (κ3) is 1.08. The Morgan fingerprint density at radius 2 is 2.29 bits per heavy atom. The Morgan fingerprint density at radius 3 is 2.93 bits per heavy atom. The van der Waals surface area contributed by atoms with Crippen LogP contribution in [0.2, 0.25) is 0 Å². The maximum Gasteiger partial charge on any atom is 0.295 e. The van der Waals surface area contributed by atoms with Gasteiger partial charge in [0.05, 0.1) is 11.0 Å². The zero-order valence-electron chi connectivity index (χ0n) is 7.27. The summed E-state index contributed by atoms with van der Waals surface area (Å²) in [5.41, 5.74) is 11.9.